The minimum atomic E-state index is -2.17. The highest BCUT2D eigenvalue weighted by atomic mass is 16.5. The van der Waals surface area contributed by atoms with Crippen LogP contribution in [-0.4, -0.2) is 211 Å². The summed E-state index contributed by atoms with van der Waals surface area (Å²) in [5, 5.41) is 103. The van der Waals surface area contributed by atoms with Crippen LogP contribution >= 0.6 is 0 Å². The van der Waals surface area contributed by atoms with Gasteiger partial charge in [0.1, 0.15) is 42.2 Å². The summed E-state index contributed by atoms with van der Waals surface area (Å²) in [7, 11) is 0. The summed E-state index contributed by atoms with van der Waals surface area (Å²) in [6.07, 6.45) is -7.69. The van der Waals surface area contributed by atoms with Crippen LogP contribution < -0.4 is 38.1 Å². The number of carbonyl (C=O) groups excluding carboxylic acids is 7. The van der Waals surface area contributed by atoms with Gasteiger partial charge in [0, 0.05) is 51.9 Å². The second-order valence-corrected chi connectivity index (χ2v) is 22.2. The van der Waals surface area contributed by atoms with E-state index in [-0.39, 0.29) is 70.0 Å². The first-order valence-corrected chi connectivity index (χ1v) is 28.6. The van der Waals surface area contributed by atoms with Gasteiger partial charge in [-0.25, -0.2) is 0 Å². The molecule has 6 amide bonds. The molecular weight excluding hydrogens is 1040 g/mol. The molecule has 16 atom stereocenters. The summed E-state index contributed by atoms with van der Waals surface area (Å²) >= 11 is 0. The molecule has 17 N–H and O–H groups in total. The monoisotopic (exact) mass is 1140 g/mol. The van der Waals surface area contributed by atoms with E-state index in [1.54, 1.807) is 0 Å². The Labute approximate surface area is 469 Å². The zero-order valence-electron chi connectivity index (χ0n) is 47.0. The standard InChI is InChI=1S/C55H93N9O16/c1-5-31(2)26-32(3)12-10-8-6-7-9-11-13-44(72)59-38-29-43(71)50(58-22-25-80-24-21-57)62-53(77)47-41(69)19-23-63(47)55(79)46(40(68)18-20-56)61-51(75)37(49(74)48(73)34-14-16-35(66)17-15-34)28-42(70)39-27-36(67)30-64(39)54(78)45(33(4)65)60-52(38)76/h14-17,31-33,36-41,43,45-50,58,65-69,71,73-74H,5-13,18-30,56-57H2,1-4H3,(H,59,72)(H,60,76)(H,61,75)(H,62,77)/t31?,32?,33-,36-,37?,38+,39?,40-,41+,43-,45?,46?,47?,48+,49+,50?/m1/s1. The van der Waals surface area contributed by atoms with Crippen LogP contribution in [0.25, 0.3) is 0 Å². The highest BCUT2D eigenvalue weighted by Gasteiger charge is 2.49. The van der Waals surface area contributed by atoms with Crippen molar-refractivity contribution in [1.29, 1.82) is 0 Å². The second kappa shape index (κ2) is 33.9. The molecule has 454 valence electrons. The number of aliphatic hydroxyl groups excluding tert-OH is 7. The number of nitrogens with two attached hydrogens (primary N) is 2. The topological polar surface area (TPSA) is 409 Å². The molecule has 25 nitrogen and oxygen atoms in total. The third-order valence-corrected chi connectivity index (χ3v) is 15.6. The number of unbranched alkanes of at least 4 members (excludes halogenated alkanes) is 5. The number of ether oxygens (including phenoxy) is 1. The maximum Gasteiger partial charge on any atom is 0.248 e. The Morgan fingerprint density at radius 2 is 1.41 bits per heavy atom. The molecule has 3 saturated heterocycles. The fourth-order valence-electron chi connectivity index (χ4n) is 10.8. The van der Waals surface area contributed by atoms with Gasteiger partial charge in [-0.3, -0.25) is 38.9 Å². The highest BCUT2D eigenvalue weighted by molar-refractivity contribution is 5.98. The lowest BCUT2D eigenvalue weighted by Gasteiger charge is -2.34. The third kappa shape index (κ3) is 20.2. The molecule has 8 unspecified atom stereocenters. The number of hydrogen-bond donors (Lipinski definition) is 15. The zero-order valence-corrected chi connectivity index (χ0v) is 47.0. The quantitative estimate of drug-likeness (QED) is 0.0438. The number of nitrogens with one attached hydrogen (secondary N) is 5. The van der Waals surface area contributed by atoms with Crippen molar-refractivity contribution in [3.63, 3.8) is 0 Å². The van der Waals surface area contributed by atoms with Crippen molar-refractivity contribution in [2.45, 2.75) is 203 Å². The van der Waals surface area contributed by atoms with Crippen LogP contribution in [0.4, 0.5) is 0 Å². The number of aliphatic hydroxyl groups is 7. The lowest BCUT2D eigenvalue weighted by atomic mass is 9.86. The number of phenols is 1. The minimum absolute atomic E-state index is 0.0000935. The van der Waals surface area contributed by atoms with Gasteiger partial charge in [0.15, 0.2) is 5.78 Å². The minimum Gasteiger partial charge on any atom is -0.508 e. The van der Waals surface area contributed by atoms with Gasteiger partial charge in [0.2, 0.25) is 35.4 Å². The normalized spacial score (nSPS) is 28.1. The van der Waals surface area contributed by atoms with Crippen LogP contribution in [0.15, 0.2) is 24.3 Å². The summed E-state index contributed by atoms with van der Waals surface area (Å²) in [6.45, 7) is 7.16. The van der Waals surface area contributed by atoms with Gasteiger partial charge in [-0.05, 0) is 68.7 Å². The highest BCUT2D eigenvalue weighted by Crippen LogP contribution is 2.30. The first kappa shape index (κ1) is 67.6. The number of hydrogen-bond acceptors (Lipinski definition) is 19. The predicted octanol–water partition coefficient (Wildman–Crippen LogP) is -2.20. The largest absolute Gasteiger partial charge is 0.508 e. The molecule has 0 bridgehead atoms. The number of rotatable bonds is 26. The van der Waals surface area contributed by atoms with E-state index in [2.05, 4.69) is 47.4 Å². The van der Waals surface area contributed by atoms with Crippen molar-refractivity contribution in [2.75, 3.05) is 45.9 Å². The number of fused-ring (bicyclic) bond motifs is 2. The number of benzene rings is 1. The van der Waals surface area contributed by atoms with E-state index in [1.807, 2.05) is 0 Å². The van der Waals surface area contributed by atoms with Crippen molar-refractivity contribution < 1.29 is 79.2 Å². The first-order chi connectivity index (χ1) is 38.0. The van der Waals surface area contributed by atoms with E-state index in [0.29, 0.717) is 24.7 Å². The lowest BCUT2D eigenvalue weighted by molar-refractivity contribution is -0.149. The van der Waals surface area contributed by atoms with Crippen LogP contribution in [0, 0.1) is 17.8 Å². The molecule has 0 spiro atoms. The van der Waals surface area contributed by atoms with E-state index in [4.69, 9.17) is 16.2 Å². The molecular formula is C55H93N9O16. The van der Waals surface area contributed by atoms with Gasteiger partial charge in [0.05, 0.1) is 61.8 Å². The maximum absolute atomic E-state index is 14.7. The van der Waals surface area contributed by atoms with Crippen LogP contribution in [0.1, 0.15) is 136 Å². The Morgan fingerprint density at radius 3 is 2.06 bits per heavy atom. The van der Waals surface area contributed by atoms with Gasteiger partial charge in [-0.15, -0.1) is 0 Å². The van der Waals surface area contributed by atoms with E-state index < -0.39 is 152 Å². The Morgan fingerprint density at radius 1 is 0.762 bits per heavy atom. The van der Waals surface area contributed by atoms with Crippen molar-refractivity contribution in [3.05, 3.63) is 29.8 Å². The van der Waals surface area contributed by atoms with Gasteiger partial charge < -0.3 is 88.1 Å². The number of carbonyl (C=O) groups is 7. The van der Waals surface area contributed by atoms with Crippen LogP contribution in [0.2, 0.25) is 0 Å². The summed E-state index contributed by atoms with van der Waals surface area (Å²) in [5.74, 6) is -7.99. The molecule has 3 fully saturated rings. The maximum atomic E-state index is 14.7. The fourth-order valence-corrected chi connectivity index (χ4v) is 10.8. The molecule has 3 heterocycles. The summed E-state index contributed by atoms with van der Waals surface area (Å²) < 4.78 is 5.48. The van der Waals surface area contributed by atoms with E-state index in [0.717, 1.165) is 48.3 Å². The van der Waals surface area contributed by atoms with Gasteiger partial charge in [-0.1, -0.05) is 77.8 Å². The Balaban J connectivity index is 1.75. The molecule has 0 radical (unpaired) electrons. The van der Waals surface area contributed by atoms with Crippen LogP contribution in [0.5, 0.6) is 5.75 Å². The first-order valence-electron chi connectivity index (χ1n) is 28.6. The van der Waals surface area contributed by atoms with Gasteiger partial charge in [-0.2, -0.15) is 0 Å². The number of aromatic hydroxyl groups is 1. The van der Waals surface area contributed by atoms with Crippen LogP contribution in [0.3, 0.4) is 0 Å². The van der Waals surface area contributed by atoms with Crippen molar-refractivity contribution in [2.24, 2.45) is 29.2 Å². The molecule has 0 aromatic heterocycles. The van der Waals surface area contributed by atoms with Crippen molar-refractivity contribution in [3.8, 4) is 5.75 Å². The smallest absolute Gasteiger partial charge is 0.248 e. The van der Waals surface area contributed by atoms with Gasteiger partial charge in [0.25, 0.3) is 0 Å². The summed E-state index contributed by atoms with van der Waals surface area (Å²) in [4.78, 5) is 103. The molecule has 3 aliphatic heterocycles. The average molecular weight is 1140 g/mol. The number of phenolic OH excluding ortho intramolecular Hbond substituents is 1. The van der Waals surface area contributed by atoms with Gasteiger partial charge >= 0.3 is 0 Å². The summed E-state index contributed by atoms with van der Waals surface area (Å²) in [5.41, 5.74) is 11.3. The zero-order chi connectivity index (χ0) is 59.2. The van der Waals surface area contributed by atoms with Crippen molar-refractivity contribution in [1.82, 2.24) is 36.4 Å². The fraction of sp³-hybridized carbons (Fsp3) is 0.764. The van der Waals surface area contributed by atoms with E-state index in [9.17, 15) is 74.4 Å². The molecule has 3 aliphatic rings. The Kier molecular flexibility index (Phi) is 28.6. The number of amides is 6. The average Bonchev–Trinajstić information content (AvgIpc) is 4.12. The van der Waals surface area contributed by atoms with Crippen LogP contribution in [-0.2, 0) is 38.3 Å². The predicted molar refractivity (Wildman–Crippen MR) is 292 cm³/mol. The summed E-state index contributed by atoms with van der Waals surface area (Å²) in [6, 6.07) is -3.93. The molecule has 4 rings (SSSR count). The third-order valence-electron chi connectivity index (χ3n) is 15.6. The van der Waals surface area contributed by atoms with E-state index >= 15 is 0 Å². The van der Waals surface area contributed by atoms with Crippen molar-refractivity contribution >= 4 is 41.2 Å². The second-order valence-electron chi connectivity index (χ2n) is 22.2. The molecule has 25 heteroatoms. The van der Waals surface area contributed by atoms with E-state index in [1.165, 1.54) is 37.6 Å². The molecule has 1 aromatic rings. The number of Topliss-reactive ketones (excluding diaryl/α,β-unsaturated/α-hetero) is 1. The lowest BCUT2D eigenvalue weighted by Crippen LogP contribution is -2.63. The number of ketones is 1. The SMILES string of the molecule is CCC(C)CC(C)CCCCCCCCC(=O)N[C@H]1C[C@@H](O)C(NCCOCCN)NC(=O)C2[C@@H](O)CCN2C(=O)C([C@H](O)CCN)NC(=O)C([C@H](O)[C@@H](O)c2ccc(O)cc2)CC(=O)C2C[C@@H](O)CN2C(=O)C([C@@H](C)O)NC1=O. The molecule has 80 heavy (non-hydrogen) atoms. The Hall–Kier alpha value is -4.93. The number of nitrogens with zero attached hydrogens (tertiary/aromatic N) is 2. The Bertz CT molecular complexity index is 2130. The molecule has 0 saturated carbocycles. The molecule has 1 aromatic carbocycles. The molecule has 0 aliphatic carbocycles.